The highest BCUT2D eigenvalue weighted by Crippen LogP contribution is 2.30. The lowest BCUT2D eigenvalue weighted by molar-refractivity contribution is 0.200. The fraction of sp³-hybridized carbons (Fsp3) is 0.360. The number of anilines is 2. The first-order valence-electron chi connectivity index (χ1n) is 10.9. The van der Waals surface area contributed by atoms with Crippen LogP contribution in [0.3, 0.4) is 0 Å². The molecule has 1 aromatic heterocycles. The van der Waals surface area contributed by atoms with E-state index in [0.717, 1.165) is 35.7 Å². The average Bonchev–Trinajstić information content (AvgIpc) is 2.85. The van der Waals surface area contributed by atoms with Gasteiger partial charge in [-0.2, -0.15) is 0 Å². The predicted molar refractivity (Wildman–Crippen MR) is 128 cm³/mol. The van der Waals surface area contributed by atoms with Crippen LogP contribution in [0, 0.1) is 13.8 Å². The van der Waals surface area contributed by atoms with Crippen molar-refractivity contribution in [3.63, 3.8) is 0 Å². The monoisotopic (exact) mass is 450 g/mol. The largest absolute Gasteiger partial charge is 0.497 e. The van der Waals surface area contributed by atoms with Gasteiger partial charge in [-0.05, 0) is 62.2 Å². The molecule has 0 bridgehead atoms. The van der Waals surface area contributed by atoms with Gasteiger partial charge in [0, 0.05) is 23.5 Å². The molecule has 33 heavy (non-hydrogen) atoms. The summed E-state index contributed by atoms with van der Waals surface area (Å²) in [6.07, 6.45) is 0.805. The van der Waals surface area contributed by atoms with Crippen LogP contribution in [0.5, 0.6) is 17.2 Å². The SMILES string of the molecule is COc1ccc(N2CN(CCc3ccc(OC)c(OC)c3)Cn3c2nc(C)c(C)c3=O)cc1. The number of ether oxygens (including phenoxy) is 3. The minimum atomic E-state index is -0.00757. The Hall–Kier alpha value is -3.52. The van der Waals surface area contributed by atoms with Crippen LogP contribution in [0.4, 0.5) is 11.6 Å². The molecule has 8 nitrogen and oxygen atoms in total. The quantitative estimate of drug-likeness (QED) is 0.546. The predicted octanol–water partition coefficient (Wildman–Crippen LogP) is 3.50. The van der Waals surface area contributed by atoms with Gasteiger partial charge in [-0.1, -0.05) is 6.07 Å². The topological polar surface area (TPSA) is 69.1 Å². The molecule has 0 radical (unpaired) electrons. The first-order chi connectivity index (χ1) is 15.9. The number of aryl methyl sites for hydroxylation is 1. The van der Waals surface area contributed by atoms with Crippen LogP contribution < -0.4 is 24.7 Å². The number of hydrogen-bond acceptors (Lipinski definition) is 7. The van der Waals surface area contributed by atoms with Gasteiger partial charge in [0.25, 0.3) is 5.56 Å². The molecule has 0 aliphatic carbocycles. The van der Waals surface area contributed by atoms with Crippen molar-refractivity contribution in [1.29, 1.82) is 0 Å². The van der Waals surface area contributed by atoms with Gasteiger partial charge in [0.2, 0.25) is 5.95 Å². The molecule has 0 saturated carbocycles. The number of benzene rings is 2. The Bertz CT molecular complexity index is 1190. The van der Waals surface area contributed by atoms with Crippen LogP contribution in [-0.2, 0) is 13.1 Å². The van der Waals surface area contributed by atoms with E-state index in [1.165, 1.54) is 0 Å². The number of aromatic nitrogens is 2. The highest BCUT2D eigenvalue weighted by atomic mass is 16.5. The van der Waals surface area contributed by atoms with Gasteiger partial charge < -0.3 is 14.2 Å². The third kappa shape index (κ3) is 4.52. The normalized spacial score (nSPS) is 13.5. The van der Waals surface area contributed by atoms with Crippen molar-refractivity contribution in [2.75, 3.05) is 39.4 Å². The second kappa shape index (κ2) is 9.54. The van der Waals surface area contributed by atoms with Gasteiger partial charge in [0.05, 0.1) is 34.7 Å². The highest BCUT2D eigenvalue weighted by Gasteiger charge is 2.27. The first-order valence-corrected chi connectivity index (χ1v) is 10.9. The molecule has 2 heterocycles. The Kier molecular flexibility index (Phi) is 6.55. The molecule has 174 valence electrons. The van der Waals surface area contributed by atoms with E-state index < -0.39 is 0 Å². The fourth-order valence-corrected chi connectivity index (χ4v) is 4.01. The Balaban J connectivity index is 1.63. The molecule has 0 N–H and O–H groups in total. The molecule has 8 heteroatoms. The van der Waals surface area contributed by atoms with E-state index in [-0.39, 0.29) is 5.56 Å². The van der Waals surface area contributed by atoms with Crippen LogP contribution in [0.1, 0.15) is 16.8 Å². The lowest BCUT2D eigenvalue weighted by Gasteiger charge is -2.38. The van der Waals surface area contributed by atoms with Gasteiger partial charge in [-0.15, -0.1) is 0 Å². The summed E-state index contributed by atoms with van der Waals surface area (Å²) >= 11 is 0. The second-order valence-corrected chi connectivity index (χ2v) is 8.10. The molecule has 2 aromatic carbocycles. The van der Waals surface area contributed by atoms with E-state index in [9.17, 15) is 4.79 Å². The lowest BCUT2D eigenvalue weighted by Crippen LogP contribution is -2.48. The third-order valence-corrected chi connectivity index (χ3v) is 6.09. The van der Waals surface area contributed by atoms with Gasteiger partial charge in [0.1, 0.15) is 5.75 Å². The summed E-state index contributed by atoms with van der Waals surface area (Å²) in [6, 6.07) is 13.8. The Morgan fingerprint density at radius 3 is 2.30 bits per heavy atom. The third-order valence-electron chi connectivity index (χ3n) is 6.09. The molecular weight excluding hydrogens is 420 g/mol. The van der Waals surface area contributed by atoms with E-state index in [0.29, 0.717) is 36.3 Å². The molecule has 3 aromatic rings. The van der Waals surface area contributed by atoms with Gasteiger partial charge in [-0.25, -0.2) is 4.98 Å². The van der Waals surface area contributed by atoms with E-state index >= 15 is 0 Å². The van der Waals surface area contributed by atoms with Crippen LogP contribution in [0.25, 0.3) is 0 Å². The lowest BCUT2D eigenvalue weighted by atomic mass is 10.1. The minimum Gasteiger partial charge on any atom is -0.497 e. The number of hydrogen-bond donors (Lipinski definition) is 0. The maximum atomic E-state index is 13.1. The Morgan fingerprint density at radius 2 is 1.64 bits per heavy atom. The van der Waals surface area contributed by atoms with E-state index in [1.54, 1.807) is 25.9 Å². The number of fused-ring (bicyclic) bond motifs is 1. The molecule has 0 saturated heterocycles. The smallest absolute Gasteiger partial charge is 0.259 e. The van der Waals surface area contributed by atoms with Crippen LogP contribution >= 0.6 is 0 Å². The molecule has 1 aliphatic rings. The zero-order valence-corrected chi connectivity index (χ0v) is 19.8. The number of methoxy groups -OCH3 is 3. The maximum Gasteiger partial charge on any atom is 0.259 e. The summed E-state index contributed by atoms with van der Waals surface area (Å²) < 4.78 is 17.8. The maximum absolute atomic E-state index is 13.1. The highest BCUT2D eigenvalue weighted by molar-refractivity contribution is 5.59. The summed E-state index contributed by atoms with van der Waals surface area (Å²) in [7, 11) is 4.92. The van der Waals surface area contributed by atoms with Crippen LogP contribution in [0.2, 0.25) is 0 Å². The summed E-state index contributed by atoms with van der Waals surface area (Å²) in [5.74, 6) is 2.87. The van der Waals surface area contributed by atoms with E-state index in [1.807, 2.05) is 56.3 Å². The summed E-state index contributed by atoms with van der Waals surface area (Å²) in [5, 5.41) is 0. The summed E-state index contributed by atoms with van der Waals surface area (Å²) in [4.78, 5) is 22.2. The summed E-state index contributed by atoms with van der Waals surface area (Å²) in [6.45, 7) is 5.59. The van der Waals surface area contributed by atoms with E-state index in [4.69, 9.17) is 19.2 Å². The average molecular weight is 451 g/mol. The Labute approximate surface area is 193 Å². The fourth-order valence-electron chi connectivity index (χ4n) is 4.01. The van der Waals surface area contributed by atoms with Crippen molar-refractivity contribution in [3.05, 3.63) is 69.6 Å². The number of nitrogens with zero attached hydrogens (tertiary/aromatic N) is 4. The molecule has 1 aliphatic heterocycles. The molecule has 0 fully saturated rings. The second-order valence-electron chi connectivity index (χ2n) is 8.10. The van der Waals surface area contributed by atoms with Crippen molar-refractivity contribution in [2.24, 2.45) is 0 Å². The van der Waals surface area contributed by atoms with Crippen molar-refractivity contribution < 1.29 is 14.2 Å². The zero-order chi connectivity index (χ0) is 23.5. The van der Waals surface area contributed by atoms with Crippen molar-refractivity contribution in [2.45, 2.75) is 26.9 Å². The molecule has 4 rings (SSSR count). The van der Waals surface area contributed by atoms with Gasteiger partial charge in [0.15, 0.2) is 11.5 Å². The van der Waals surface area contributed by atoms with Gasteiger partial charge in [-0.3, -0.25) is 19.2 Å². The van der Waals surface area contributed by atoms with Crippen LogP contribution in [-0.4, -0.2) is 49.0 Å². The van der Waals surface area contributed by atoms with Crippen LogP contribution in [0.15, 0.2) is 47.3 Å². The standard InChI is InChI=1S/C25H30N4O4/c1-17-18(2)26-25-28(20-7-9-21(31-3)10-8-20)15-27(16-29(25)24(17)30)13-12-19-6-11-22(32-4)23(14-19)33-5/h6-11,14H,12-13,15-16H2,1-5H3. The van der Waals surface area contributed by atoms with Crippen molar-refractivity contribution in [1.82, 2.24) is 14.5 Å². The van der Waals surface area contributed by atoms with Gasteiger partial charge >= 0.3 is 0 Å². The van der Waals surface area contributed by atoms with Crippen molar-refractivity contribution in [3.8, 4) is 17.2 Å². The number of rotatable bonds is 7. The van der Waals surface area contributed by atoms with Crippen molar-refractivity contribution >= 4 is 11.6 Å². The molecule has 0 atom stereocenters. The zero-order valence-electron chi connectivity index (χ0n) is 19.8. The first kappa shape index (κ1) is 22.7. The Morgan fingerprint density at radius 1 is 0.909 bits per heavy atom. The molecule has 0 spiro atoms. The van der Waals surface area contributed by atoms with E-state index in [2.05, 4.69) is 9.80 Å². The summed E-state index contributed by atoms with van der Waals surface area (Å²) in [5.41, 5.74) is 3.51. The molecular formula is C25H30N4O4. The molecule has 0 unspecified atom stereocenters. The molecule has 0 amide bonds. The minimum absolute atomic E-state index is 0.00757.